The molecule has 0 bridgehead atoms. The molecule has 1 aromatic heterocycles. The molecule has 0 atom stereocenters. The highest BCUT2D eigenvalue weighted by Crippen LogP contribution is 2.26. The fraction of sp³-hybridized carbons (Fsp3) is 0. The van der Waals surface area contributed by atoms with Crippen molar-refractivity contribution < 1.29 is 0 Å². The Morgan fingerprint density at radius 3 is 2.60 bits per heavy atom. The monoisotopic (exact) mass is 288 g/mol. The van der Waals surface area contributed by atoms with Crippen LogP contribution in [0.4, 0.5) is 5.82 Å². The minimum atomic E-state index is 0.256. The van der Waals surface area contributed by atoms with Gasteiger partial charge in [-0.1, -0.05) is 23.2 Å². The lowest BCUT2D eigenvalue weighted by atomic mass is 10.5. The smallest absolute Gasteiger partial charge is 0.151 e. The molecule has 0 saturated carbocycles. The summed E-state index contributed by atoms with van der Waals surface area (Å²) < 4.78 is 0.816. The third-order valence-corrected chi connectivity index (χ3v) is 2.82. The molecule has 0 fully saturated rings. The Bertz CT molecular complexity index is 241. The number of hydrogen-bond donors (Lipinski definition) is 1. The van der Waals surface area contributed by atoms with E-state index in [4.69, 9.17) is 28.9 Å². The van der Waals surface area contributed by atoms with Crippen LogP contribution in [0.1, 0.15) is 0 Å². The van der Waals surface area contributed by atoms with Gasteiger partial charge in [0.2, 0.25) is 0 Å². The van der Waals surface area contributed by atoms with Gasteiger partial charge in [-0.05, 0) is 28.7 Å². The molecular formula is C5H3Cl2IN2. The van der Waals surface area contributed by atoms with E-state index in [9.17, 15) is 0 Å². The first-order chi connectivity index (χ1) is 4.61. The number of rotatable bonds is 0. The zero-order chi connectivity index (χ0) is 7.72. The van der Waals surface area contributed by atoms with Crippen molar-refractivity contribution in [1.29, 1.82) is 0 Å². The molecule has 5 heteroatoms. The molecule has 1 aromatic rings. The van der Waals surface area contributed by atoms with Crippen LogP contribution in [0.25, 0.3) is 0 Å². The molecule has 0 saturated heterocycles. The summed E-state index contributed by atoms with van der Waals surface area (Å²) >= 11 is 13.3. The zero-order valence-electron chi connectivity index (χ0n) is 4.74. The predicted octanol–water partition coefficient (Wildman–Crippen LogP) is 2.58. The van der Waals surface area contributed by atoms with Crippen LogP contribution in [-0.4, -0.2) is 4.98 Å². The summed E-state index contributed by atoms with van der Waals surface area (Å²) in [6.07, 6.45) is 0. The van der Waals surface area contributed by atoms with Gasteiger partial charge in [0.25, 0.3) is 0 Å². The number of hydrogen-bond acceptors (Lipinski definition) is 2. The second kappa shape index (κ2) is 3.11. The Morgan fingerprint density at radius 2 is 2.10 bits per heavy atom. The first-order valence-electron chi connectivity index (χ1n) is 2.38. The number of anilines is 1. The molecule has 54 valence electrons. The maximum atomic E-state index is 5.69. The SMILES string of the molecule is Nc1cc(I)c(Cl)c(Cl)n1. The van der Waals surface area contributed by atoms with Crippen molar-refractivity contribution in [3.05, 3.63) is 19.8 Å². The van der Waals surface area contributed by atoms with Crippen LogP contribution in [0.3, 0.4) is 0 Å². The summed E-state index contributed by atoms with van der Waals surface area (Å²) in [5.74, 6) is 0.388. The lowest BCUT2D eigenvalue weighted by Crippen LogP contribution is -1.91. The molecule has 1 rings (SSSR count). The average Bonchev–Trinajstić information content (AvgIpc) is 1.82. The van der Waals surface area contributed by atoms with Crippen molar-refractivity contribution in [2.75, 3.05) is 5.73 Å². The molecule has 10 heavy (non-hydrogen) atoms. The van der Waals surface area contributed by atoms with Gasteiger partial charge in [-0.25, -0.2) is 4.98 Å². The van der Waals surface area contributed by atoms with Crippen LogP contribution in [-0.2, 0) is 0 Å². The Labute approximate surface area is 81.9 Å². The average molecular weight is 289 g/mol. The van der Waals surface area contributed by atoms with E-state index in [1.807, 2.05) is 22.6 Å². The molecular weight excluding hydrogens is 286 g/mol. The van der Waals surface area contributed by atoms with Crippen molar-refractivity contribution in [2.45, 2.75) is 0 Å². The van der Waals surface area contributed by atoms with E-state index < -0.39 is 0 Å². The van der Waals surface area contributed by atoms with Crippen LogP contribution >= 0.6 is 45.8 Å². The number of nitrogens with zero attached hydrogens (tertiary/aromatic N) is 1. The molecule has 0 unspecified atom stereocenters. The van der Waals surface area contributed by atoms with Crippen molar-refractivity contribution in [2.24, 2.45) is 0 Å². The predicted molar refractivity (Wildman–Crippen MR) is 51.4 cm³/mol. The quantitative estimate of drug-likeness (QED) is 0.589. The highest BCUT2D eigenvalue weighted by molar-refractivity contribution is 14.1. The minimum Gasteiger partial charge on any atom is -0.384 e. The van der Waals surface area contributed by atoms with Crippen LogP contribution in [0, 0.1) is 3.57 Å². The van der Waals surface area contributed by atoms with Crippen molar-refractivity contribution in [1.82, 2.24) is 4.98 Å². The van der Waals surface area contributed by atoms with Gasteiger partial charge in [0.1, 0.15) is 5.82 Å². The molecule has 0 radical (unpaired) electrons. The first kappa shape index (κ1) is 8.36. The second-order valence-corrected chi connectivity index (χ2v) is 3.53. The number of nitrogen functional groups attached to an aromatic ring is 1. The lowest BCUT2D eigenvalue weighted by molar-refractivity contribution is 1.32. The van der Waals surface area contributed by atoms with Gasteiger partial charge in [-0.3, -0.25) is 0 Å². The van der Waals surface area contributed by atoms with Gasteiger partial charge in [0, 0.05) is 3.57 Å². The van der Waals surface area contributed by atoms with E-state index in [1.54, 1.807) is 6.07 Å². The van der Waals surface area contributed by atoms with Gasteiger partial charge < -0.3 is 5.73 Å². The Kier molecular flexibility index (Phi) is 2.60. The van der Waals surface area contributed by atoms with E-state index in [0.29, 0.717) is 10.8 Å². The maximum Gasteiger partial charge on any atom is 0.151 e. The van der Waals surface area contributed by atoms with E-state index in [0.717, 1.165) is 3.57 Å². The topological polar surface area (TPSA) is 38.9 Å². The van der Waals surface area contributed by atoms with Gasteiger partial charge in [0.15, 0.2) is 5.15 Å². The molecule has 0 aliphatic rings. The van der Waals surface area contributed by atoms with Crippen LogP contribution in [0.15, 0.2) is 6.07 Å². The molecule has 0 spiro atoms. The molecule has 0 aliphatic heterocycles. The minimum absolute atomic E-state index is 0.256. The van der Waals surface area contributed by atoms with Crippen molar-refractivity contribution in [3.8, 4) is 0 Å². The second-order valence-electron chi connectivity index (χ2n) is 1.63. The van der Waals surface area contributed by atoms with Gasteiger partial charge in [-0.2, -0.15) is 0 Å². The van der Waals surface area contributed by atoms with E-state index in [1.165, 1.54) is 0 Å². The van der Waals surface area contributed by atoms with Crippen molar-refractivity contribution >= 4 is 51.6 Å². The lowest BCUT2D eigenvalue weighted by Gasteiger charge is -1.98. The number of halogens is 3. The summed E-state index contributed by atoms with van der Waals surface area (Å²) in [7, 11) is 0. The summed E-state index contributed by atoms with van der Waals surface area (Å²) in [5, 5.41) is 0.711. The molecule has 2 N–H and O–H groups in total. The van der Waals surface area contributed by atoms with Crippen molar-refractivity contribution in [3.63, 3.8) is 0 Å². The van der Waals surface area contributed by atoms with Crippen LogP contribution in [0.5, 0.6) is 0 Å². The Hall–Kier alpha value is 0.260. The Balaban J connectivity index is 3.31. The van der Waals surface area contributed by atoms with Gasteiger partial charge >= 0.3 is 0 Å². The maximum absolute atomic E-state index is 5.69. The fourth-order valence-corrected chi connectivity index (χ4v) is 1.52. The number of nitrogens with two attached hydrogens (primary N) is 1. The summed E-state index contributed by atoms with van der Waals surface area (Å²) in [4.78, 5) is 3.74. The van der Waals surface area contributed by atoms with Crippen LogP contribution in [0.2, 0.25) is 10.2 Å². The van der Waals surface area contributed by atoms with E-state index in [-0.39, 0.29) is 5.15 Å². The van der Waals surface area contributed by atoms with E-state index in [2.05, 4.69) is 4.98 Å². The Morgan fingerprint density at radius 1 is 1.50 bits per heavy atom. The third-order valence-electron chi connectivity index (χ3n) is 0.893. The van der Waals surface area contributed by atoms with E-state index >= 15 is 0 Å². The number of pyridine rings is 1. The third kappa shape index (κ3) is 1.65. The number of aromatic nitrogens is 1. The molecule has 0 aromatic carbocycles. The zero-order valence-corrected chi connectivity index (χ0v) is 8.41. The largest absolute Gasteiger partial charge is 0.384 e. The van der Waals surface area contributed by atoms with Gasteiger partial charge in [0.05, 0.1) is 5.02 Å². The highest BCUT2D eigenvalue weighted by Gasteiger charge is 2.03. The van der Waals surface area contributed by atoms with Gasteiger partial charge in [-0.15, -0.1) is 0 Å². The standard InChI is InChI=1S/C5H3Cl2IN2/c6-4-2(8)1-3(9)10-5(4)7/h1H,(H2,9,10). The molecule has 0 amide bonds. The molecule has 1 heterocycles. The summed E-state index contributed by atoms with van der Waals surface area (Å²) in [6, 6.07) is 1.66. The normalized spacial score (nSPS) is 9.90. The van der Waals surface area contributed by atoms with Crippen LogP contribution < -0.4 is 5.73 Å². The molecule has 2 nitrogen and oxygen atoms in total. The first-order valence-corrected chi connectivity index (χ1v) is 4.21. The summed E-state index contributed by atoms with van der Waals surface area (Å²) in [6.45, 7) is 0. The highest BCUT2D eigenvalue weighted by atomic mass is 127. The molecule has 0 aliphatic carbocycles. The fourth-order valence-electron chi connectivity index (χ4n) is 0.486. The summed E-state index contributed by atoms with van der Waals surface area (Å²) in [5.41, 5.74) is 5.37.